The summed E-state index contributed by atoms with van der Waals surface area (Å²) in [6.45, 7) is 10.7. The Hall–Kier alpha value is -1.46. The highest BCUT2D eigenvalue weighted by atomic mass is 35.5. The lowest BCUT2D eigenvalue weighted by molar-refractivity contribution is 0.278. The van der Waals surface area contributed by atoms with Crippen LogP contribution in [0.25, 0.3) is 0 Å². The fourth-order valence-corrected chi connectivity index (χ4v) is 3.47. The second kappa shape index (κ2) is 9.14. The van der Waals surface area contributed by atoms with Gasteiger partial charge in [0, 0.05) is 11.8 Å². The number of rotatable bonds is 9. The van der Waals surface area contributed by atoms with Gasteiger partial charge in [0.2, 0.25) is 0 Å². The molecule has 0 bridgehead atoms. The van der Waals surface area contributed by atoms with Crippen LogP contribution in [0.1, 0.15) is 45.5 Å². The average molecular weight is 366 g/mol. The minimum Gasteiger partial charge on any atom is -0.484 e. The zero-order valence-corrected chi connectivity index (χ0v) is 16.0. The minimum atomic E-state index is 0.348. The summed E-state index contributed by atoms with van der Waals surface area (Å²) in [5, 5.41) is 10.2. The first kappa shape index (κ1) is 18.9. The van der Waals surface area contributed by atoms with E-state index in [-0.39, 0.29) is 0 Å². The highest BCUT2D eigenvalue weighted by Crippen LogP contribution is 2.28. The zero-order chi connectivity index (χ0) is 17.5. The Labute approximate surface area is 153 Å². The van der Waals surface area contributed by atoms with Gasteiger partial charge in [-0.25, -0.2) is 0 Å². The van der Waals surface area contributed by atoms with Gasteiger partial charge in [0.15, 0.2) is 11.0 Å². The number of para-hydroxylation sites is 1. The van der Waals surface area contributed by atoms with E-state index in [9.17, 15) is 0 Å². The molecule has 0 saturated heterocycles. The van der Waals surface area contributed by atoms with Crippen LogP contribution in [0.5, 0.6) is 5.75 Å². The molecule has 0 saturated carbocycles. The number of halogens is 1. The van der Waals surface area contributed by atoms with E-state index < -0.39 is 0 Å². The molecule has 130 valence electrons. The summed E-state index contributed by atoms with van der Waals surface area (Å²) in [6, 6.07) is 7.82. The van der Waals surface area contributed by atoms with E-state index in [1.807, 2.05) is 31.2 Å². The van der Waals surface area contributed by atoms with Crippen molar-refractivity contribution in [1.82, 2.24) is 14.8 Å². The molecule has 0 aliphatic rings. The summed E-state index contributed by atoms with van der Waals surface area (Å²) in [4.78, 5) is 0. The van der Waals surface area contributed by atoms with E-state index >= 15 is 0 Å². The van der Waals surface area contributed by atoms with Crippen LogP contribution in [0.2, 0.25) is 5.02 Å². The predicted molar refractivity (Wildman–Crippen MR) is 101 cm³/mol. The molecule has 2 rings (SSSR count). The molecular weight excluding hydrogens is 342 g/mol. The minimum absolute atomic E-state index is 0.348. The largest absolute Gasteiger partial charge is 0.484 e. The highest BCUT2D eigenvalue weighted by Gasteiger charge is 2.19. The molecule has 1 aromatic heterocycles. The van der Waals surface area contributed by atoms with Crippen LogP contribution in [-0.4, -0.2) is 20.5 Å². The Morgan fingerprint density at radius 3 is 2.62 bits per heavy atom. The summed E-state index contributed by atoms with van der Waals surface area (Å²) in [5.41, 5.74) is 1.12. The van der Waals surface area contributed by atoms with Crippen molar-refractivity contribution in [3.63, 3.8) is 0 Å². The Morgan fingerprint density at radius 1 is 1.29 bits per heavy atom. The number of nitrogens with zero attached hydrogens (tertiary/aromatic N) is 3. The highest BCUT2D eigenvalue weighted by molar-refractivity contribution is 7.99. The number of hydrogen-bond acceptors (Lipinski definition) is 4. The van der Waals surface area contributed by atoms with E-state index in [1.165, 1.54) is 0 Å². The standard InChI is InChI=1S/C18H24ClN3OS/c1-5-14(6-2)22-17(20-21-18(22)24-12-13(3)4)11-23-16-10-8-7-9-15(16)19/h7-10,14H,3,5-6,11-12H2,1-2,4H3. The van der Waals surface area contributed by atoms with Crippen molar-refractivity contribution >= 4 is 23.4 Å². The number of benzene rings is 1. The molecule has 6 heteroatoms. The lowest BCUT2D eigenvalue weighted by atomic mass is 10.2. The molecule has 0 spiro atoms. The van der Waals surface area contributed by atoms with Crippen molar-refractivity contribution in [3.05, 3.63) is 47.3 Å². The number of thioether (sulfide) groups is 1. The molecule has 0 fully saturated rings. The number of aromatic nitrogens is 3. The van der Waals surface area contributed by atoms with Crippen molar-refractivity contribution < 1.29 is 4.74 Å². The van der Waals surface area contributed by atoms with Crippen LogP contribution in [0.15, 0.2) is 41.6 Å². The quantitative estimate of drug-likeness (QED) is 0.432. The van der Waals surface area contributed by atoms with Gasteiger partial charge >= 0.3 is 0 Å². The van der Waals surface area contributed by atoms with Crippen LogP contribution in [0, 0.1) is 0 Å². The third-order valence-corrected chi connectivity index (χ3v) is 5.17. The Bertz CT molecular complexity index is 683. The second-order valence-corrected chi connectivity index (χ2v) is 7.05. The van der Waals surface area contributed by atoms with Crippen LogP contribution in [-0.2, 0) is 6.61 Å². The van der Waals surface area contributed by atoms with Crippen LogP contribution in [0.3, 0.4) is 0 Å². The molecule has 2 aromatic rings. The maximum atomic E-state index is 6.16. The molecule has 0 aliphatic carbocycles. The fraction of sp³-hybridized carbons (Fsp3) is 0.444. The van der Waals surface area contributed by atoms with Gasteiger partial charge in [-0.1, -0.05) is 61.5 Å². The van der Waals surface area contributed by atoms with E-state index in [0.29, 0.717) is 23.4 Å². The zero-order valence-electron chi connectivity index (χ0n) is 14.5. The van der Waals surface area contributed by atoms with Crippen molar-refractivity contribution in [3.8, 4) is 5.75 Å². The third kappa shape index (κ3) is 4.77. The molecule has 4 nitrogen and oxygen atoms in total. The fourth-order valence-electron chi connectivity index (χ4n) is 2.42. The van der Waals surface area contributed by atoms with E-state index in [0.717, 1.165) is 35.1 Å². The number of hydrogen-bond donors (Lipinski definition) is 0. The van der Waals surface area contributed by atoms with E-state index in [1.54, 1.807) is 11.8 Å². The van der Waals surface area contributed by atoms with Crippen molar-refractivity contribution in [1.29, 1.82) is 0 Å². The molecule has 24 heavy (non-hydrogen) atoms. The SMILES string of the molecule is C=C(C)CSc1nnc(COc2ccccc2Cl)n1C(CC)CC. The lowest BCUT2D eigenvalue weighted by Crippen LogP contribution is -2.14. The second-order valence-electron chi connectivity index (χ2n) is 5.70. The maximum Gasteiger partial charge on any atom is 0.191 e. The lowest BCUT2D eigenvalue weighted by Gasteiger charge is -2.19. The van der Waals surface area contributed by atoms with Crippen molar-refractivity contribution in [2.24, 2.45) is 0 Å². The summed E-state index contributed by atoms with van der Waals surface area (Å²) in [5.74, 6) is 2.33. The smallest absolute Gasteiger partial charge is 0.191 e. The number of ether oxygens (including phenoxy) is 1. The van der Waals surface area contributed by atoms with Crippen LogP contribution in [0.4, 0.5) is 0 Å². The predicted octanol–water partition coefficient (Wildman–Crippen LogP) is 5.54. The van der Waals surface area contributed by atoms with Crippen LogP contribution < -0.4 is 4.74 Å². The first-order valence-corrected chi connectivity index (χ1v) is 9.51. The van der Waals surface area contributed by atoms with Gasteiger partial charge in [-0.2, -0.15) is 0 Å². The van der Waals surface area contributed by atoms with Crippen LogP contribution >= 0.6 is 23.4 Å². The topological polar surface area (TPSA) is 39.9 Å². The molecule has 0 N–H and O–H groups in total. The third-order valence-electron chi connectivity index (χ3n) is 3.68. The molecule has 0 amide bonds. The molecule has 1 aromatic carbocycles. The van der Waals surface area contributed by atoms with Gasteiger partial charge in [0.25, 0.3) is 0 Å². The first-order valence-electron chi connectivity index (χ1n) is 8.15. The summed E-state index contributed by atoms with van der Waals surface area (Å²) >= 11 is 7.82. The molecular formula is C18H24ClN3OS. The van der Waals surface area contributed by atoms with Gasteiger partial charge in [-0.3, -0.25) is 0 Å². The summed E-state index contributed by atoms with van der Waals surface area (Å²) in [7, 11) is 0. The molecule has 0 aliphatic heterocycles. The van der Waals surface area contributed by atoms with E-state index in [4.69, 9.17) is 16.3 Å². The first-order chi connectivity index (χ1) is 11.6. The van der Waals surface area contributed by atoms with Gasteiger partial charge in [0.05, 0.1) is 5.02 Å². The summed E-state index contributed by atoms with van der Waals surface area (Å²) < 4.78 is 8.06. The van der Waals surface area contributed by atoms with Crippen molar-refractivity contribution in [2.45, 2.75) is 51.4 Å². The molecule has 0 unspecified atom stereocenters. The monoisotopic (exact) mass is 365 g/mol. The summed E-state index contributed by atoms with van der Waals surface area (Å²) in [6.07, 6.45) is 2.04. The molecule has 0 atom stereocenters. The maximum absolute atomic E-state index is 6.16. The van der Waals surface area contributed by atoms with Gasteiger partial charge in [0.1, 0.15) is 12.4 Å². The molecule has 0 radical (unpaired) electrons. The Morgan fingerprint density at radius 2 is 2.00 bits per heavy atom. The van der Waals surface area contributed by atoms with Gasteiger partial charge in [-0.15, -0.1) is 10.2 Å². The average Bonchev–Trinajstić information content (AvgIpc) is 2.96. The van der Waals surface area contributed by atoms with Gasteiger partial charge < -0.3 is 9.30 Å². The molecule has 1 heterocycles. The van der Waals surface area contributed by atoms with Gasteiger partial charge in [-0.05, 0) is 31.9 Å². The Balaban J connectivity index is 2.21. The van der Waals surface area contributed by atoms with E-state index in [2.05, 4.69) is 35.2 Å². The Kier molecular flexibility index (Phi) is 7.18. The van der Waals surface area contributed by atoms with Crippen molar-refractivity contribution in [2.75, 3.05) is 5.75 Å². The normalized spacial score (nSPS) is 11.0.